The van der Waals surface area contributed by atoms with Crippen molar-refractivity contribution in [1.82, 2.24) is 14.9 Å². The normalized spacial score (nSPS) is 15.9. The number of thiazole rings is 1. The van der Waals surface area contributed by atoms with E-state index in [0.29, 0.717) is 24.2 Å². The van der Waals surface area contributed by atoms with Crippen LogP contribution >= 0.6 is 11.3 Å². The van der Waals surface area contributed by atoms with Crippen molar-refractivity contribution in [3.05, 3.63) is 58.4 Å². The largest absolute Gasteiger partial charge is 0.416 e. The second-order valence-electron chi connectivity index (χ2n) is 6.99. The lowest BCUT2D eigenvalue weighted by atomic mass is 9.97. The van der Waals surface area contributed by atoms with Crippen molar-refractivity contribution in [2.45, 2.75) is 31.9 Å². The average molecular weight is 405 g/mol. The van der Waals surface area contributed by atoms with E-state index in [4.69, 9.17) is 0 Å². The number of amides is 1. The van der Waals surface area contributed by atoms with E-state index in [0.717, 1.165) is 40.4 Å². The first kappa shape index (κ1) is 18.9. The number of hydrogen-bond acceptors (Lipinski definition) is 4. The van der Waals surface area contributed by atoms with Gasteiger partial charge in [0.15, 0.2) is 0 Å². The van der Waals surface area contributed by atoms with E-state index in [2.05, 4.69) is 9.97 Å². The maximum Gasteiger partial charge on any atom is 0.416 e. The van der Waals surface area contributed by atoms with Crippen LogP contribution in [0.15, 0.2) is 36.5 Å². The summed E-state index contributed by atoms with van der Waals surface area (Å²) >= 11 is 1.44. The highest BCUT2D eigenvalue weighted by Gasteiger charge is 2.31. The van der Waals surface area contributed by atoms with E-state index in [1.807, 2.05) is 13.0 Å². The first-order valence-electron chi connectivity index (χ1n) is 9.01. The molecule has 146 valence electrons. The van der Waals surface area contributed by atoms with Gasteiger partial charge in [-0.3, -0.25) is 9.78 Å². The molecule has 1 amide bonds. The summed E-state index contributed by atoms with van der Waals surface area (Å²) in [5.41, 5.74) is 1.14. The van der Waals surface area contributed by atoms with Crippen LogP contribution in [0.2, 0.25) is 0 Å². The number of alkyl halides is 3. The quantitative estimate of drug-likeness (QED) is 0.600. The van der Waals surface area contributed by atoms with Crippen LogP contribution in [0.25, 0.3) is 10.2 Å². The second kappa shape index (κ2) is 7.16. The van der Waals surface area contributed by atoms with Gasteiger partial charge in [0.1, 0.15) is 0 Å². The van der Waals surface area contributed by atoms with E-state index < -0.39 is 11.7 Å². The number of carbonyl (C=O) groups excluding carboxylic acids is 1. The highest BCUT2D eigenvalue weighted by Crippen LogP contribution is 2.37. The fourth-order valence-electron chi connectivity index (χ4n) is 3.40. The molecule has 4 nitrogen and oxygen atoms in total. The molecule has 0 unspecified atom stereocenters. The van der Waals surface area contributed by atoms with Crippen molar-refractivity contribution in [3.63, 3.8) is 0 Å². The minimum absolute atomic E-state index is 0.0370. The molecule has 8 heteroatoms. The Hall–Kier alpha value is -2.48. The molecule has 0 bridgehead atoms. The number of piperidine rings is 1. The molecule has 28 heavy (non-hydrogen) atoms. The van der Waals surface area contributed by atoms with Gasteiger partial charge in [0.2, 0.25) is 0 Å². The number of hydrogen-bond donors (Lipinski definition) is 0. The predicted octanol–water partition coefficient (Wildman–Crippen LogP) is 5.04. The molecule has 1 aliphatic rings. The standard InChI is InChI=1S/C20H18F3N3OS/c1-12-2-3-14(11-24-12)19(27)26-8-6-13(7-9-26)18-25-16-10-15(20(21,22)23)4-5-17(16)28-18/h2-5,10-11,13H,6-9H2,1H3. The molecule has 1 fully saturated rings. The summed E-state index contributed by atoms with van der Waals surface area (Å²) in [4.78, 5) is 23.0. The molecular formula is C20H18F3N3OS. The Morgan fingerprint density at radius 1 is 1.18 bits per heavy atom. The summed E-state index contributed by atoms with van der Waals surface area (Å²) in [6, 6.07) is 7.29. The number of fused-ring (bicyclic) bond motifs is 1. The van der Waals surface area contributed by atoms with Crippen LogP contribution in [0, 0.1) is 6.92 Å². The van der Waals surface area contributed by atoms with Crippen LogP contribution in [0.5, 0.6) is 0 Å². The van der Waals surface area contributed by atoms with E-state index in [-0.39, 0.29) is 11.8 Å². The van der Waals surface area contributed by atoms with Crippen molar-refractivity contribution in [2.75, 3.05) is 13.1 Å². The summed E-state index contributed by atoms with van der Waals surface area (Å²) in [5, 5.41) is 0.846. The number of likely N-dealkylation sites (tertiary alicyclic amines) is 1. The Kier molecular flexibility index (Phi) is 4.82. The van der Waals surface area contributed by atoms with Crippen molar-refractivity contribution >= 4 is 27.5 Å². The molecule has 0 atom stereocenters. The lowest BCUT2D eigenvalue weighted by Crippen LogP contribution is -2.37. The van der Waals surface area contributed by atoms with Crippen LogP contribution < -0.4 is 0 Å². The third-order valence-electron chi connectivity index (χ3n) is 5.02. The zero-order valence-electron chi connectivity index (χ0n) is 15.2. The maximum atomic E-state index is 12.9. The summed E-state index contributed by atoms with van der Waals surface area (Å²) in [6.07, 6.45) is -1.28. The highest BCUT2D eigenvalue weighted by atomic mass is 32.1. The van der Waals surface area contributed by atoms with E-state index in [1.54, 1.807) is 17.2 Å². The Bertz CT molecular complexity index is 1010. The SMILES string of the molecule is Cc1ccc(C(=O)N2CCC(c3nc4cc(C(F)(F)F)ccc4s3)CC2)cn1. The molecule has 1 aliphatic heterocycles. The summed E-state index contributed by atoms with van der Waals surface area (Å²) in [7, 11) is 0. The molecule has 0 spiro atoms. The summed E-state index contributed by atoms with van der Waals surface area (Å²) in [6.45, 7) is 3.07. The van der Waals surface area contributed by atoms with Gasteiger partial charge in [-0.15, -0.1) is 11.3 Å². The molecule has 0 aliphatic carbocycles. The number of aryl methyl sites for hydroxylation is 1. The second-order valence-corrected chi connectivity index (χ2v) is 8.05. The van der Waals surface area contributed by atoms with Crippen LogP contribution in [-0.4, -0.2) is 33.9 Å². The van der Waals surface area contributed by atoms with E-state index in [1.165, 1.54) is 17.4 Å². The van der Waals surface area contributed by atoms with Crippen LogP contribution in [0.3, 0.4) is 0 Å². The van der Waals surface area contributed by atoms with Gasteiger partial charge in [-0.05, 0) is 50.1 Å². The van der Waals surface area contributed by atoms with Crippen LogP contribution in [-0.2, 0) is 6.18 Å². The number of carbonyl (C=O) groups is 1. The van der Waals surface area contributed by atoms with Gasteiger partial charge >= 0.3 is 6.18 Å². The maximum absolute atomic E-state index is 12.9. The first-order chi connectivity index (χ1) is 13.3. The molecule has 4 rings (SSSR count). The fraction of sp³-hybridized carbons (Fsp3) is 0.350. The molecular weight excluding hydrogens is 387 g/mol. The number of halogens is 3. The van der Waals surface area contributed by atoms with Gasteiger partial charge in [-0.2, -0.15) is 13.2 Å². The van der Waals surface area contributed by atoms with E-state index >= 15 is 0 Å². The number of nitrogens with zero attached hydrogens (tertiary/aromatic N) is 3. The highest BCUT2D eigenvalue weighted by molar-refractivity contribution is 7.18. The lowest BCUT2D eigenvalue weighted by molar-refractivity contribution is -0.137. The zero-order valence-corrected chi connectivity index (χ0v) is 16.0. The minimum atomic E-state index is -4.37. The molecule has 1 saturated heterocycles. The zero-order chi connectivity index (χ0) is 19.9. The third-order valence-corrected chi connectivity index (χ3v) is 6.22. The Morgan fingerprint density at radius 3 is 2.57 bits per heavy atom. The molecule has 3 heterocycles. The van der Waals surface area contributed by atoms with Crippen molar-refractivity contribution in [2.24, 2.45) is 0 Å². The molecule has 0 radical (unpaired) electrons. The van der Waals surface area contributed by atoms with Gasteiger partial charge in [0.05, 0.1) is 26.4 Å². The Morgan fingerprint density at radius 2 is 1.93 bits per heavy atom. The Balaban J connectivity index is 1.46. The topological polar surface area (TPSA) is 46.1 Å². The van der Waals surface area contributed by atoms with Gasteiger partial charge in [0.25, 0.3) is 5.91 Å². The van der Waals surface area contributed by atoms with Crippen molar-refractivity contribution in [1.29, 1.82) is 0 Å². The Labute approximate surface area is 164 Å². The molecule has 1 aromatic carbocycles. The van der Waals surface area contributed by atoms with Gasteiger partial charge in [0, 0.05) is 30.9 Å². The molecule has 0 saturated carbocycles. The number of aromatic nitrogens is 2. The van der Waals surface area contributed by atoms with Gasteiger partial charge in [-0.25, -0.2) is 4.98 Å². The van der Waals surface area contributed by atoms with Gasteiger partial charge < -0.3 is 4.90 Å². The van der Waals surface area contributed by atoms with Crippen molar-refractivity contribution in [3.8, 4) is 0 Å². The van der Waals surface area contributed by atoms with Crippen LogP contribution in [0.1, 0.15) is 45.4 Å². The van der Waals surface area contributed by atoms with Gasteiger partial charge in [-0.1, -0.05) is 0 Å². The minimum Gasteiger partial charge on any atom is -0.339 e. The van der Waals surface area contributed by atoms with Crippen LogP contribution in [0.4, 0.5) is 13.2 Å². The fourth-order valence-corrected chi connectivity index (χ4v) is 4.52. The van der Waals surface area contributed by atoms with Crippen molar-refractivity contribution < 1.29 is 18.0 Å². The first-order valence-corrected chi connectivity index (χ1v) is 9.82. The van der Waals surface area contributed by atoms with E-state index in [9.17, 15) is 18.0 Å². The monoisotopic (exact) mass is 405 g/mol. The summed E-state index contributed by atoms with van der Waals surface area (Å²) in [5.74, 6) is 0.122. The third kappa shape index (κ3) is 3.73. The lowest BCUT2D eigenvalue weighted by Gasteiger charge is -2.31. The summed E-state index contributed by atoms with van der Waals surface area (Å²) < 4.78 is 39.4. The smallest absolute Gasteiger partial charge is 0.339 e. The number of rotatable bonds is 2. The predicted molar refractivity (Wildman–Crippen MR) is 101 cm³/mol. The average Bonchev–Trinajstić information content (AvgIpc) is 3.11. The number of benzene rings is 1. The molecule has 3 aromatic rings. The molecule has 0 N–H and O–H groups in total. The number of pyridine rings is 1. The molecule has 2 aromatic heterocycles.